The van der Waals surface area contributed by atoms with Crippen molar-refractivity contribution in [2.75, 3.05) is 0 Å². The first-order valence-corrected chi connectivity index (χ1v) is 18.1. The number of unbranched alkanes of at least 4 members (excludes halogenated alkanes) is 3. The van der Waals surface area contributed by atoms with Crippen LogP contribution in [0.3, 0.4) is 0 Å². The number of carbonyl (C=O) groups is 3. The molecule has 0 spiro atoms. The zero-order valence-corrected chi connectivity index (χ0v) is 28.7. The lowest BCUT2D eigenvalue weighted by Crippen LogP contribution is -2.57. The molecule has 0 radical (unpaired) electrons. The van der Waals surface area contributed by atoms with E-state index >= 15 is 4.57 Å². The molecular formula is C33H63O7P. The van der Waals surface area contributed by atoms with Gasteiger partial charge in [0.2, 0.25) is 0 Å². The van der Waals surface area contributed by atoms with Crippen LogP contribution in [-0.4, -0.2) is 48.7 Å². The Bertz CT molecular complexity index is 764. The number of aliphatic carboxylic acids is 3. The minimum atomic E-state index is -4.65. The van der Waals surface area contributed by atoms with Gasteiger partial charge in [-0.05, 0) is 57.8 Å². The fourth-order valence-electron chi connectivity index (χ4n) is 7.20. The van der Waals surface area contributed by atoms with Crippen molar-refractivity contribution >= 4 is 25.0 Å². The lowest BCUT2D eigenvalue weighted by atomic mass is 9.87. The highest BCUT2D eigenvalue weighted by Gasteiger charge is 2.72. The van der Waals surface area contributed by atoms with Crippen LogP contribution in [0.4, 0.5) is 0 Å². The topological polar surface area (TPSA) is 129 Å². The van der Waals surface area contributed by atoms with Crippen LogP contribution in [0.5, 0.6) is 0 Å². The van der Waals surface area contributed by atoms with Gasteiger partial charge in [0.1, 0.15) is 22.6 Å². The first-order chi connectivity index (χ1) is 19.1. The second-order valence-corrected chi connectivity index (χ2v) is 17.4. The first-order valence-electron chi connectivity index (χ1n) is 16.4. The Labute approximate surface area is 251 Å². The number of hydrogen-bond donors (Lipinski definition) is 3. The second-order valence-electron chi connectivity index (χ2n) is 13.2. The maximum Gasteiger partial charge on any atom is 0.316 e. The van der Waals surface area contributed by atoms with E-state index < -0.39 is 40.5 Å². The van der Waals surface area contributed by atoms with E-state index in [4.69, 9.17) is 0 Å². The van der Waals surface area contributed by atoms with Crippen molar-refractivity contribution in [1.29, 1.82) is 0 Å². The van der Waals surface area contributed by atoms with Crippen molar-refractivity contribution in [1.82, 2.24) is 0 Å². The molecule has 0 aromatic heterocycles. The molecular weight excluding hydrogens is 539 g/mol. The SMILES string of the molecule is CCCCC(CC)CC(C)(C(=O)O)P(=O)(C(C)(CC(CC)CCCC)C(=O)O)C(C)(CC(CC)CCCC)C(=O)O. The van der Waals surface area contributed by atoms with Crippen molar-refractivity contribution < 1.29 is 34.3 Å². The molecule has 0 rings (SSSR count). The van der Waals surface area contributed by atoms with E-state index in [9.17, 15) is 29.7 Å². The zero-order valence-electron chi connectivity index (χ0n) is 27.8. The maximum absolute atomic E-state index is 16.2. The normalized spacial score (nSPS) is 20.0. The molecule has 0 aromatic carbocycles. The summed E-state index contributed by atoms with van der Waals surface area (Å²) in [4.78, 5) is 40.3. The summed E-state index contributed by atoms with van der Waals surface area (Å²) in [6.07, 6.45) is 9.50. The Morgan fingerprint density at radius 2 is 0.756 bits per heavy atom. The fourth-order valence-corrected chi connectivity index (χ4v) is 12.8. The summed E-state index contributed by atoms with van der Waals surface area (Å²) in [6, 6.07) is 0. The Morgan fingerprint density at radius 1 is 0.537 bits per heavy atom. The molecule has 0 amide bonds. The van der Waals surface area contributed by atoms with Crippen molar-refractivity contribution in [2.45, 2.75) is 174 Å². The van der Waals surface area contributed by atoms with Crippen molar-refractivity contribution in [3.8, 4) is 0 Å². The molecule has 0 aliphatic rings. The largest absolute Gasteiger partial charge is 0.480 e. The third-order valence-corrected chi connectivity index (χ3v) is 15.4. The summed E-state index contributed by atoms with van der Waals surface area (Å²) >= 11 is 0. The molecule has 0 aromatic rings. The second kappa shape index (κ2) is 17.7. The Balaban J connectivity index is 7.76. The summed E-state index contributed by atoms with van der Waals surface area (Å²) in [5.41, 5.74) is 0. The van der Waals surface area contributed by atoms with Crippen molar-refractivity contribution in [3.05, 3.63) is 0 Å². The number of carboxylic acid groups (broad SMARTS) is 3. The van der Waals surface area contributed by atoms with E-state index in [1.807, 2.05) is 20.8 Å². The molecule has 0 saturated carbocycles. The Hall–Kier alpha value is -1.36. The van der Waals surface area contributed by atoms with E-state index in [0.29, 0.717) is 19.3 Å². The minimum absolute atomic E-state index is 0.000640. The highest BCUT2D eigenvalue weighted by molar-refractivity contribution is 7.71. The number of carboxylic acids is 3. The monoisotopic (exact) mass is 602 g/mol. The summed E-state index contributed by atoms with van der Waals surface area (Å²) in [6.45, 7) is 16.3. The maximum atomic E-state index is 16.2. The minimum Gasteiger partial charge on any atom is -0.480 e. The summed E-state index contributed by atoms with van der Waals surface area (Å²) in [7, 11) is -4.65. The third kappa shape index (κ3) is 8.83. The predicted molar refractivity (Wildman–Crippen MR) is 169 cm³/mol. The van der Waals surface area contributed by atoms with Gasteiger partial charge in [-0.1, -0.05) is 119 Å². The molecule has 242 valence electrons. The van der Waals surface area contributed by atoms with Crippen LogP contribution in [-0.2, 0) is 18.9 Å². The molecule has 0 aliphatic carbocycles. The van der Waals surface area contributed by atoms with E-state index in [2.05, 4.69) is 20.8 Å². The quantitative estimate of drug-likeness (QED) is 0.0938. The van der Waals surface area contributed by atoms with Crippen molar-refractivity contribution in [3.63, 3.8) is 0 Å². The molecule has 6 atom stereocenters. The van der Waals surface area contributed by atoms with Gasteiger partial charge in [-0.25, -0.2) is 0 Å². The van der Waals surface area contributed by atoms with Gasteiger partial charge in [0.05, 0.1) is 0 Å². The molecule has 0 bridgehead atoms. The summed E-state index contributed by atoms with van der Waals surface area (Å²) in [5, 5.41) is 26.7. The van der Waals surface area contributed by atoms with Crippen LogP contribution >= 0.6 is 7.14 Å². The average Bonchev–Trinajstić information content (AvgIpc) is 2.93. The smallest absolute Gasteiger partial charge is 0.316 e. The van der Waals surface area contributed by atoms with E-state index in [-0.39, 0.29) is 37.0 Å². The predicted octanol–water partition coefficient (Wildman–Crippen LogP) is 9.70. The number of hydrogen-bond acceptors (Lipinski definition) is 4. The standard InChI is InChI=1S/C33H63O7P/c1-10-16-19-25(13-4)22-31(7,28(34)35)41(40,32(8,29(36)37)23-26(14-5)20-17-11-2)33(9,30(38)39)24-27(15-6)21-18-12-3/h25-27H,10-24H2,1-9H3,(H,34,35)(H,36,37)(H,38,39). The molecule has 0 fully saturated rings. The Kier molecular flexibility index (Phi) is 17.1. The van der Waals surface area contributed by atoms with E-state index in [0.717, 1.165) is 57.8 Å². The lowest BCUT2D eigenvalue weighted by molar-refractivity contribution is -0.142. The molecule has 0 aliphatic heterocycles. The van der Waals surface area contributed by atoms with E-state index in [1.165, 1.54) is 20.8 Å². The van der Waals surface area contributed by atoms with Gasteiger partial charge in [0.25, 0.3) is 0 Å². The summed E-state index contributed by atoms with van der Waals surface area (Å²) < 4.78 is 16.2. The van der Waals surface area contributed by atoms with Gasteiger partial charge in [-0.3, -0.25) is 14.4 Å². The van der Waals surface area contributed by atoms with Gasteiger partial charge >= 0.3 is 17.9 Å². The molecule has 8 heteroatoms. The van der Waals surface area contributed by atoms with Crippen LogP contribution < -0.4 is 0 Å². The van der Waals surface area contributed by atoms with Gasteiger partial charge < -0.3 is 19.9 Å². The zero-order chi connectivity index (χ0) is 32.1. The number of rotatable bonds is 24. The first kappa shape index (κ1) is 39.6. The highest BCUT2D eigenvalue weighted by Crippen LogP contribution is 2.78. The molecule has 6 unspecified atom stereocenters. The lowest BCUT2D eigenvalue weighted by Gasteiger charge is -2.53. The van der Waals surface area contributed by atoms with Gasteiger partial charge in [-0.15, -0.1) is 0 Å². The van der Waals surface area contributed by atoms with Crippen LogP contribution in [0, 0.1) is 17.8 Å². The molecule has 3 N–H and O–H groups in total. The average molecular weight is 603 g/mol. The van der Waals surface area contributed by atoms with Crippen LogP contribution in [0.1, 0.15) is 159 Å². The molecule has 0 heterocycles. The van der Waals surface area contributed by atoms with Gasteiger partial charge in [0.15, 0.2) is 0 Å². The van der Waals surface area contributed by atoms with E-state index in [1.54, 1.807) is 0 Å². The van der Waals surface area contributed by atoms with Crippen LogP contribution in [0.2, 0.25) is 0 Å². The van der Waals surface area contributed by atoms with Gasteiger partial charge in [0, 0.05) is 0 Å². The molecule has 41 heavy (non-hydrogen) atoms. The van der Waals surface area contributed by atoms with Gasteiger partial charge in [-0.2, -0.15) is 0 Å². The van der Waals surface area contributed by atoms with Crippen molar-refractivity contribution in [2.24, 2.45) is 17.8 Å². The van der Waals surface area contributed by atoms with Crippen LogP contribution in [0.15, 0.2) is 0 Å². The molecule has 7 nitrogen and oxygen atoms in total. The molecule has 0 saturated heterocycles. The highest BCUT2D eigenvalue weighted by atomic mass is 31.2. The fraction of sp³-hybridized carbons (Fsp3) is 0.909. The third-order valence-electron chi connectivity index (χ3n) is 10.2. The van der Waals surface area contributed by atoms with Crippen LogP contribution in [0.25, 0.3) is 0 Å². The summed E-state index contributed by atoms with van der Waals surface area (Å²) in [5.74, 6) is -4.37. The Morgan fingerprint density at radius 3 is 0.902 bits per heavy atom.